The van der Waals surface area contributed by atoms with Gasteiger partial charge in [-0.3, -0.25) is 0 Å². The van der Waals surface area contributed by atoms with Crippen LogP contribution in [0.5, 0.6) is 0 Å². The Bertz CT molecular complexity index is 364. The molecule has 0 bridgehead atoms. The van der Waals surface area contributed by atoms with Gasteiger partial charge in [0.1, 0.15) is 0 Å². The van der Waals surface area contributed by atoms with Gasteiger partial charge in [-0.25, -0.2) is 4.79 Å². The van der Waals surface area contributed by atoms with Crippen LogP contribution in [-0.2, 0) is 4.74 Å². The lowest BCUT2D eigenvalue weighted by Gasteiger charge is -2.21. The molecule has 6 heteroatoms. The number of aliphatic hydroxyl groups is 1. The number of methoxy groups -OCH3 is 1. The molecule has 2 N–H and O–H groups in total. The third kappa shape index (κ3) is 5.16. The average Bonchev–Trinajstić information content (AvgIpc) is 2.43. The summed E-state index contributed by atoms with van der Waals surface area (Å²) in [6.45, 7) is 0. The van der Waals surface area contributed by atoms with Crippen LogP contribution in [0.3, 0.4) is 0 Å². The second kappa shape index (κ2) is 8.24. The number of halogens is 1. The minimum absolute atomic E-state index is 0.0595. The number of ether oxygens (including phenoxy) is 1. The van der Waals surface area contributed by atoms with Crippen LogP contribution in [0, 0.1) is 0 Å². The van der Waals surface area contributed by atoms with Crippen LogP contribution in [0.25, 0.3) is 0 Å². The number of nitrogens with one attached hydrogen (secondary N) is 1. The van der Waals surface area contributed by atoms with Gasteiger partial charge in [0.05, 0.1) is 25.1 Å². The summed E-state index contributed by atoms with van der Waals surface area (Å²) in [6, 6.07) is 9.29. The summed E-state index contributed by atoms with van der Waals surface area (Å²) in [6.07, 6.45) is -1.38. The lowest BCUT2D eigenvalue weighted by atomic mass is 10.2. The van der Waals surface area contributed by atoms with E-state index in [0.717, 1.165) is 4.90 Å². The molecule has 0 spiro atoms. The zero-order chi connectivity index (χ0) is 13.4. The predicted octanol–water partition coefficient (Wildman–Crippen LogP) is 2.10. The van der Waals surface area contributed by atoms with Gasteiger partial charge in [-0.2, -0.15) is 0 Å². The maximum absolute atomic E-state index is 11.2. The van der Waals surface area contributed by atoms with Gasteiger partial charge in [0.2, 0.25) is 0 Å². The minimum Gasteiger partial charge on any atom is -0.453 e. The molecule has 0 aliphatic heterocycles. The van der Waals surface area contributed by atoms with Crippen molar-refractivity contribution in [2.45, 2.75) is 17.0 Å². The lowest BCUT2D eigenvalue weighted by molar-refractivity contribution is 0.133. The number of carbonyl (C=O) groups excluding carboxylic acids is 1. The molecule has 18 heavy (non-hydrogen) atoms. The number of alkyl halides is 1. The number of hydrogen-bond donors (Lipinski definition) is 2. The molecule has 0 heterocycles. The number of amides is 1. The highest BCUT2D eigenvalue weighted by atomic mass is 35.5. The number of carbonyl (C=O) groups is 1. The van der Waals surface area contributed by atoms with Crippen molar-refractivity contribution in [3.8, 4) is 0 Å². The summed E-state index contributed by atoms with van der Waals surface area (Å²) in [5.41, 5.74) is 0. The molecular formula is C12H16ClNO3S. The Hall–Kier alpha value is -0.910. The quantitative estimate of drug-likeness (QED) is 0.622. The third-order valence-electron chi connectivity index (χ3n) is 2.28. The Kier molecular flexibility index (Phi) is 6.93. The van der Waals surface area contributed by atoms with E-state index in [1.807, 2.05) is 30.3 Å². The van der Waals surface area contributed by atoms with E-state index in [4.69, 9.17) is 11.6 Å². The molecule has 0 radical (unpaired) electrons. The van der Waals surface area contributed by atoms with E-state index in [1.165, 1.54) is 18.9 Å². The molecule has 1 rings (SSSR count). The average molecular weight is 290 g/mol. The number of aliphatic hydroxyl groups excluding tert-OH is 1. The second-order valence-corrected chi connectivity index (χ2v) is 4.99. The monoisotopic (exact) mass is 289 g/mol. The van der Waals surface area contributed by atoms with E-state index in [9.17, 15) is 9.90 Å². The van der Waals surface area contributed by atoms with E-state index in [2.05, 4.69) is 10.1 Å². The molecule has 1 aromatic carbocycles. The first kappa shape index (κ1) is 15.1. The summed E-state index contributed by atoms with van der Waals surface area (Å²) >= 11 is 7.14. The van der Waals surface area contributed by atoms with Crippen LogP contribution in [0.15, 0.2) is 35.2 Å². The molecule has 1 amide bonds. The standard InChI is InChI=1S/C12H16ClNO3S/c1-17-12(16)14-10(11(15)7-13)8-18-9-5-3-2-4-6-9/h2-6,10-11,15H,7-8H2,1H3,(H,14,16)/t10-,11-/m1/s1. The third-order valence-corrected chi connectivity index (χ3v) is 3.73. The SMILES string of the molecule is COC(=O)N[C@H](CSc1ccccc1)[C@H](O)CCl. The second-order valence-electron chi connectivity index (χ2n) is 3.59. The molecule has 1 aromatic rings. The van der Waals surface area contributed by atoms with E-state index in [1.54, 1.807) is 0 Å². The van der Waals surface area contributed by atoms with Gasteiger partial charge in [-0.05, 0) is 12.1 Å². The van der Waals surface area contributed by atoms with Crippen molar-refractivity contribution in [1.82, 2.24) is 5.32 Å². The smallest absolute Gasteiger partial charge is 0.407 e. The van der Waals surface area contributed by atoms with Crippen molar-refractivity contribution in [2.24, 2.45) is 0 Å². The normalized spacial score (nSPS) is 13.7. The number of rotatable bonds is 6. The van der Waals surface area contributed by atoms with Crippen LogP contribution in [-0.4, -0.2) is 42.1 Å². The van der Waals surface area contributed by atoms with Gasteiger partial charge < -0.3 is 15.2 Å². The van der Waals surface area contributed by atoms with Gasteiger partial charge in [0, 0.05) is 10.6 Å². The summed E-state index contributed by atoms with van der Waals surface area (Å²) in [5.74, 6) is 0.580. The Balaban J connectivity index is 2.53. The highest BCUT2D eigenvalue weighted by Crippen LogP contribution is 2.19. The fourth-order valence-corrected chi connectivity index (χ4v) is 2.51. The molecule has 100 valence electrons. The van der Waals surface area contributed by atoms with Crippen molar-refractivity contribution in [2.75, 3.05) is 18.7 Å². The largest absolute Gasteiger partial charge is 0.453 e. The molecule has 0 saturated carbocycles. The predicted molar refractivity (Wildman–Crippen MR) is 73.2 cm³/mol. The highest BCUT2D eigenvalue weighted by molar-refractivity contribution is 7.99. The van der Waals surface area contributed by atoms with Crippen molar-refractivity contribution in [3.05, 3.63) is 30.3 Å². The Labute approximate surface area is 116 Å². The summed E-state index contributed by atoms with van der Waals surface area (Å²) in [4.78, 5) is 12.2. The summed E-state index contributed by atoms with van der Waals surface area (Å²) in [5, 5.41) is 12.3. The molecule has 0 saturated heterocycles. The first-order valence-corrected chi connectivity index (χ1v) is 6.95. The van der Waals surface area contributed by atoms with Crippen LogP contribution in [0.4, 0.5) is 4.79 Å². The van der Waals surface area contributed by atoms with Crippen molar-refractivity contribution < 1.29 is 14.6 Å². The van der Waals surface area contributed by atoms with Crippen LogP contribution in [0.1, 0.15) is 0 Å². The van der Waals surface area contributed by atoms with Crippen LogP contribution in [0.2, 0.25) is 0 Å². The van der Waals surface area contributed by atoms with Crippen molar-refractivity contribution >= 4 is 29.5 Å². The zero-order valence-corrected chi connectivity index (χ0v) is 11.6. The van der Waals surface area contributed by atoms with E-state index in [0.29, 0.717) is 5.75 Å². The van der Waals surface area contributed by atoms with E-state index < -0.39 is 18.2 Å². The molecule has 4 nitrogen and oxygen atoms in total. The molecule has 0 aromatic heterocycles. The fourth-order valence-electron chi connectivity index (χ4n) is 1.27. The first-order valence-electron chi connectivity index (χ1n) is 5.43. The molecule has 0 fully saturated rings. The summed E-state index contributed by atoms with van der Waals surface area (Å²) < 4.78 is 4.51. The number of hydrogen-bond acceptors (Lipinski definition) is 4. The van der Waals surface area contributed by atoms with Gasteiger partial charge in [0.15, 0.2) is 0 Å². The lowest BCUT2D eigenvalue weighted by Crippen LogP contribution is -2.45. The van der Waals surface area contributed by atoms with Gasteiger partial charge >= 0.3 is 6.09 Å². The number of thioether (sulfide) groups is 1. The maximum atomic E-state index is 11.2. The fraction of sp³-hybridized carbons (Fsp3) is 0.417. The molecular weight excluding hydrogens is 274 g/mol. The molecule has 0 aliphatic carbocycles. The topological polar surface area (TPSA) is 58.6 Å². The maximum Gasteiger partial charge on any atom is 0.407 e. The van der Waals surface area contributed by atoms with Gasteiger partial charge in [-0.15, -0.1) is 23.4 Å². The van der Waals surface area contributed by atoms with E-state index in [-0.39, 0.29) is 5.88 Å². The molecule has 0 unspecified atom stereocenters. The van der Waals surface area contributed by atoms with Gasteiger partial charge in [-0.1, -0.05) is 18.2 Å². The Morgan fingerprint density at radius 3 is 2.72 bits per heavy atom. The Morgan fingerprint density at radius 1 is 1.50 bits per heavy atom. The minimum atomic E-state index is -0.804. The van der Waals surface area contributed by atoms with Crippen molar-refractivity contribution in [3.63, 3.8) is 0 Å². The Morgan fingerprint density at radius 2 is 2.17 bits per heavy atom. The molecule has 0 aliphatic rings. The van der Waals surface area contributed by atoms with E-state index >= 15 is 0 Å². The van der Waals surface area contributed by atoms with Crippen molar-refractivity contribution in [1.29, 1.82) is 0 Å². The van der Waals surface area contributed by atoms with Gasteiger partial charge in [0.25, 0.3) is 0 Å². The van der Waals surface area contributed by atoms with Crippen LogP contribution < -0.4 is 5.32 Å². The first-order chi connectivity index (χ1) is 8.67. The zero-order valence-electron chi connectivity index (χ0n) is 10.0. The number of alkyl carbamates (subject to hydrolysis) is 1. The molecule has 2 atom stereocenters. The van der Waals surface area contributed by atoms with Crippen LogP contribution >= 0.6 is 23.4 Å². The highest BCUT2D eigenvalue weighted by Gasteiger charge is 2.21. The summed E-state index contributed by atoms with van der Waals surface area (Å²) in [7, 11) is 1.28. The number of benzene rings is 1.